The molecule has 0 bridgehead atoms. The summed E-state index contributed by atoms with van der Waals surface area (Å²) in [4.78, 5) is 13.7. The highest BCUT2D eigenvalue weighted by Crippen LogP contribution is 2.15. The maximum absolute atomic E-state index is 11.9. The number of rotatable bonds is 6. The van der Waals surface area contributed by atoms with Crippen molar-refractivity contribution in [2.24, 2.45) is 0 Å². The molecule has 0 saturated carbocycles. The number of carbonyl (C=O) groups excluding carboxylic acids is 1. The molecule has 20 heavy (non-hydrogen) atoms. The Kier molecular flexibility index (Phi) is 5.41. The van der Waals surface area contributed by atoms with Gasteiger partial charge in [-0.1, -0.05) is 12.1 Å². The molecule has 0 aliphatic carbocycles. The molecule has 1 aliphatic heterocycles. The van der Waals surface area contributed by atoms with Crippen LogP contribution in [0.15, 0.2) is 24.3 Å². The third-order valence-corrected chi connectivity index (χ3v) is 3.78. The summed E-state index contributed by atoms with van der Waals surface area (Å²) in [5, 5.41) is 9.41. The van der Waals surface area contributed by atoms with Crippen molar-refractivity contribution in [3.8, 4) is 5.75 Å². The van der Waals surface area contributed by atoms with E-state index in [2.05, 4.69) is 12.1 Å². The van der Waals surface area contributed by atoms with E-state index in [1.165, 1.54) is 5.56 Å². The number of nitrogens with zero attached hydrogens (tertiary/aromatic N) is 1. The molecule has 1 amide bonds. The first-order valence-electron chi connectivity index (χ1n) is 7.28. The molecule has 1 saturated heterocycles. The third kappa shape index (κ3) is 4.23. The van der Waals surface area contributed by atoms with Crippen LogP contribution < -0.4 is 4.74 Å². The van der Waals surface area contributed by atoms with Crippen LogP contribution >= 0.6 is 0 Å². The Morgan fingerprint density at radius 2 is 2.10 bits per heavy atom. The van der Waals surface area contributed by atoms with Crippen molar-refractivity contribution in [1.82, 2.24) is 4.90 Å². The Bertz CT molecular complexity index is 430. The molecule has 1 aromatic carbocycles. The van der Waals surface area contributed by atoms with Crippen LogP contribution in [0.4, 0.5) is 0 Å². The zero-order valence-corrected chi connectivity index (χ0v) is 12.0. The molecule has 1 N–H and O–H groups in total. The normalized spacial score (nSPS) is 18.3. The van der Waals surface area contributed by atoms with Crippen LogP contribution in [0.5, 0.6) is 5.75 Å². The minimum absolute atomic E-state index is 0.177. The summed E-state index contributed by atoms with van der Waals surface area (Å²) in [7, 11) is 1.66. The third-order valence-electron chi connectivity index (χ3n) is 3.78. The summed E-state index contributed by atoms with van der Waals surface area (Å²) < 4.78 is 5.12. The van der Waals surface area contributed by atoms with Crippen LogP contribution in [0.25, 0.3) is 0 Å². The number of aliphatic hydroxyl groups excluding tert-OH is 1. The number of aryl methyl sites for hydroxylation is 1. The molecule has 4 nitrogen and oxygen atoms in total. The van der Waals surface area contributed by atoms with Gasteiger partial charge < -0.3 is 14.7 Å². The first kappa shape index (κ1) is 14.9. The average molecular weight is 277 g/mol. The molecular formula is C16H23NO3. The number of likely N-dealkylation sites (tertiary alicyclic amines) is 1. The molecule has 1 fully saturated rings. The van der Waals surface area contributed by atoms with Crippen LogP contribution in [0.3, 0.4) is 0 Å². The molecule has 0 aromatic heterocycles. The van der Waals surface area contributed by atoms with Crippen LogP contribution in [-0.2, 0) is 11.2 Å². The number of ether oxygens (including phenoxy) is 1. The van der Waals surface area contributed by atoms with E-state index in [-0.39, 0.29) is 12.0 Å². The summed E-state index contributed by atoms with van der Waals surface area (Å²) in [5.41, 5.74) is 1.27. The highest BCUT2D eigenvalue weighted by Gasteiger charge is 2.23. The number of benzene rings is 1. The molecule has 0 spiro atoms. The first-order valence-corrected chi connectivity index (χ1v) is 7.28. The molecule has 4 heteroatoms. The van der Waals surface area contributed by atoms with Crippen molar-refractivity contribution >= 4 is 5.91 Å². The highest BCUT2D eigenvalue weighted by atomic mass is 16.5. The molecule has 1 atom stereocenters. The van der Waals surface area contributed by atoms with E-state index in [1.54, 1.807) is 12.0 Å². The van der Waals surface area contributed by atoms with E-state index in [0.717, 1.165) is 31.4 Å². The van der Waals surface area contributed by atoms with Crippen LogP contribution in [0.1, 0.15) is 31.2 Å². The van der Waals surface area contributed by atoms with E-state index in [1.807, 2.05) is 12.1 Å². The second-order valence-corrected chi connectivity index (χ2v) is 5.34. The van der Waals surface area contributed by atoms with E-state index >= 15 is 0 Å². The first-order chi connectivity index (χ1) is 9.69. The molecule has 1 aliphatic rings. The van der Waals surface area contributed by atoms with Gasteiger partial charge >= 0.3 is 0 Å². The maximum atomic E-state index is 11.9. The lowest BCUT2D eigenvalue weighted by Crippen LogP contribution is -2.29. The fourth-order valence-electron chi connectivity index (χ4n) is 2.52. The molecule has 0 unspecified atom stereocenters. The van der Waals surface area contributed by atoms with Gasteiger partial charge in [0.1, 0.15) is 5.75 Å². The smallest absolute Gasteiger partial charge is 0.222 e. The monoisotopic (exact) mass is 277 g/mol. The number of amides is 1. The van der Waals surface area contributed by atoms with Crippen LogP contribution in [-0.4, -0.2) is 42.2 Å². The number of hydrogen-bond acceptors (Lipinski definition) is 3. The second kappa shape index (κ2) is 7.29. The van der Waals surface area contributed by atoms with Gasteiger partial charge in [0.2, 0.25) is 5.91 Å². The number of unbranched alkanes of at least 4 members (excludes halogenated alkanes) is 1. The quantitative estimate of drug-likeness (QED) is 0.809. The minimum atomic E-state index is -0.321. The lowest BCUT2D eigenvalue weighted by molar-refractivity contribution is -0.130. The van der Waals surface area contributed by atoms with Gasteiger partial charge in [-0.15, -0.1) is 0 Å². The summed E-state index contributed by atoms with van der Waals surface area (Å²) in [5.74, 6) is 1.05. The van der Waals surface area contributed by atoms with Crippen molar-refractivity contribution in [1.29, 1.82) is 0 Å². The fraction of sp³-hybridized carbons (Fsp3) is 0.562. The SMILES string of the molecule is COc1ccc(CCCCC(=O)N2CC[C@@H](O)C2)cc1. The molecule has 1 heterocycles. The lowest BCUT2D eigenvalue weighted by atomic mass is 10.1. The maximum Gasteiger partial charge on any atom is 0.222 e. The topological polar surface area (TPSA) is 49.8 Å². The van der Waals surface area contributed by atoms with Crippen molar-refractivity contribution < 1.29 is 14.6 Å². The van der Waals surface area contributed by atoms with Crippen molar-refractivity contribution in [3.05, 3.63) is 29.8 Å². The number of aliphatic hydroxyl groups is 1. The van der Waals surface area contributed by atoms with Crippen molar-refractivity contribution in [2.75, 3.05) is 20.2 Å². The van der Waals surface area contributed by atoms with Gasteiger partial charge in [-0.25, -0.2) is 0 Å². The van der Waals surface area contributed by atoms with Gasteiger partial charge in [-0.05, 0) is 43.4 Å². The summed E-state index contributed by atoms with van der Waals surface area (Å²) in [6.07, 6.45) is 3.88. The van der Waals surface area contributed by atoms with Crippen LogP contribution in [0, 0.1) is 0 Å². The molecule has 0 radical (unpaired) electrons. The Labute approximate surface area is 120 Å². The standard InChI is InChI=1S/C16H23NO3/c1-20-15-8-6-13(7-9-15)4-2-3-5-16(19)17-11-10-14(18)12-17/h6-9,14,18H,2-5,10-12H2,1H3/t14-/m1/s1. The Morgan fingerprint density at radius 3 is 2.70 bits per heavy atom. The predicted molar refractivity (Wildman–Crippen MR) is 77.8 cm³/mol. The van der Waals surface area contributed by atoms with Crippen LogP contribution in [0.2, 0.25) is 0 Å². The summed E-state index contributed by atoms with van der Waals surface area (Å²) in [6.45, 7) is 1.22. The molecule has 110 valence electrons. The minimum Gasteiger partial charge on any atom is -0.497 e. The zero-order chi connectivity index (χ0) is 14.4. The van der Waals surface area contributed by atoms with Crippen molar-refractivity contribution in [2.45, 2.75) is 38.2 Å². The van der Waals surface area contributed by atoms with Gasteiger partial charge in [-0.2, -0.15) is 0 Å². The number of carbonyl (C=O) groups is 1. The average Bonchev–Trinajstić information content (AvgIpc) is 2.91. The number of β-amino-alcohol motifs (C(OH)–C–C–N with tert-alkyl or cyclic N) is 1. The molecule has 1 aromatic rings. The van der Waals surface area contributed by atoms with Gasteiger partial charge in [0.15, 0.2) is 0 Å². The van der Waals surface area contributed by atoms with Gasteiger partial charge in [-0.3, -0.25) is 4.79 Å². The second-order valence-electron chi connectivity index (χ2n) is 5.34. The highest BCUT2D eigenvalue weighted by molar-refractivity contribution is 5.76. The Morgan fingerprint density at radius 1 is 1.35 bits per heavy atom. The van der Waals surface area contributed by atoms with E-state index in [0.29, 0.717) is 19.5 Å². The van der Waals surface area contributed by atoms with Crippen molar-refractivity contribution in [3.63, 3.8) is 0 Å². The number of methoxy groups -OCH3 is 1. The predicted octanol–water partition coefficient (Wildman–Crippen LogP) is 2.00. The van der Waals surface area contributed by atoms with E-state index in [9.17, 15) is 9.90 Å². The largest absolute Gasteiger partial charge is 0.497 e. The molecular weight excluding hydrogens is 254 g/mol. The summed E-state index contributed by atoms with van der Waals surface area (Å²) >= 11 is 0. The fourth-order valence-corrected chi connectivity index (χ4v) is 2.52. The Balaban J connectivity index is 1.64. The zero-order valence-electron chi connectivity index (χ0n) is 12.0. The van der Waals surface area contributed by atoms with E-state index < -0.39 is 0 Å². The van der Waals surface area contributed by atoms with Gasteiger partial charge in [0.05, 0.1) is 13.2 Å². The lowest BCUT2D eigenvalue weighted by Gasteiger charge is -2.15. The van der Waals surface area contributed by atoms with Gasteiger partial charge in [0, 0.05) is 19.5 Å². The van der Waals surface area contributed by atoms with E-state index in [4.69, 9.17) is 4.74 Å². The Hall–Kier alpha value is -1.55. The summed E-state index contributed by atoms with van der Waals surface area (Å²) in [6, 6.07) is 8.06. The number of hydrogen-bond donors (Lipinski definition) is 1. The van der Waals surface area contributed by atoms with Gasteiger partial charge in [0.25, 0.3) is 0 Å². The molecule has 2 rings (SSSR count).